The van der Waals surface area contributed by atoms with E-state index < -0.39 is 5.97 Å². The van der Waals surface area contributed by atoms with Crippen LogP contribution in [0.2, 0.25) is 0 Å². The standard InChI is InChI=1S/C26H21N3O3/c1-17-20(15-18-9-4-3-5-10-18)19-11-8-14-24(31-2)26(19)21(17)16-25(30)32-29-23-13-7-6-12-22(23)27-28-29/h3-15H,16H2,1-2H3/b20-15-. The molecule has 1 aromatic heterocycles. The highest BCUT2D eigenvalue weighted by molar-refractivity contribution is 6.08. The lowest BCUT2D eigenvalue weighted by atomic mass is 10.00. The van der Waals surface area contributed by atoms with Gasteiger partial charge in [-0.15, -0.1) is 5.10 Å². The minimum atomic E-state index is -0.423. The van der Waals surface area contributed by atoms with Crippen LogP contribution in [0.15, 0.2) is 78.4 Å². The first kappa shape index (κ1) is 19.8. The average molecular weight is 423 g/mol. The molecule has 0 radical (unpaired) electrons. The van der Waals surface area contributed by atoms with Crippen LogP contribution in [0.25, 0.3) is 28.3 Å². The molecule has 32 heavy (non-hydrogen) atoms. The number of rotatable bonds is 5. The molecule has 5 rings (SSSR count). The van der Waals surface area contributed by atoms with Crippen molar-refractivity contribution in [1.82, 2.24) is 15.2 Å². The van der Waals surface area contributed by atoms with Crippen LogP contribution in [0.1, 0.15) is 30.0 Å². The summed E-state index contributed by atoms with van der Waals surface area (Å²) in [5.74, 6) is 0.306. The summed E-state index contributed by atoms with van der Waals surface area (Å²) in [4.78, 5) is 19.6. The van der Waals surface area contributed by atoms with Gasteiger partial charge in [0.05, 0.1) is 13.5 Å². The van der Waals surface area contributed by atoms with Crippen molar-refractivity contribution in [3.05, 3.63) is 95.1 Å². The highest BCUT2D eigenvalue weighted by Gasteiger charge is 2.29. The van der Waals surface area contributed by atoms with Crippen molar-refractivity contribution in [2.24, 2.45) is 0 Å². The van der Waals surface area contributed by atoms with Gasteiger partial charge in [0.15, 0.2) is 0 Å². The van der Waals surface area contributed by atoms with E-state index in [2.05, 4.69) is 34.6 Å². The molecule has 0 unspecified atom stereocenters. The summed E-state index contributed by atoms with van der Waals surface area (Å²) in [7, 11) is 1.64. The highest BCUT2D eigenvalue weighted by Crippen LogP contribution is 2.47. The van der Waals surface area contributed by atoms with Gasteiger partial charge in [0.25, 0.3) is 0 Å². The molecule has 0 spiro atoms. The quantitative estimate of drug-likeness (QED) is 0.431. The maximum atomic E-state index is 12.9. The van der Waals surface area contributed by atoms with Gasteiger partial charge in [-0.1, -0.05) is 59.4 Å². The average Bonchev–Trinajstić information content (AvgIpc) is 3.34. The van der Waals surface area contributed by atoms with E-state index in [0.29, 0.717) is 11.0 Å². The van der Waals surface area contributed by atoms with E-state index in [1.165, 1.54) is 4.85 Å². The van der Waals surface area contributed by atoms with Gasteiger partial charge in [0, 0.05) is 5.56 Å². The van der Waals surface area contributed by atoms with Crippen molar-refractivity contribution < 1.29 is 14.4 Å². The monoisotopic (exact) mass is 423 g/mol. The van der Waals surface area contributed by atoms with Crippen molar-refractivity contribution in [1.29, 1.82) is 0 Å². The Morgan fingerprint density at radius 3 is 2.59 bits per heavy atom. The van der Waals surface area contributed by atoms with Gasteiger partial charge in [-0.25, -0.2) is 4.79 Å². The first-order valence-electron chi connectivity index (χ1n) is 10.3. The van der Waals surface area contributed by atoms with Crippen molar-refractivity contribution in [3.8, 4) is 5.75 Å². The van der Waals surface area contributed by atoms with E-state index in [-0.39, 0.29) is 6.42 Å². The molecular weight excluding hydrogens is 402 g/mol. The Bertz CT molecular complexity index is 1380. The predicted molar refractivity (Wildman–Crippen MR) is 124 cm³/mol. The summed E-state index contributed by atoms with van der Waals surface area (Å²) < 4.78 is 5.64. The van der Waals surface area contributed by atoms with Gasteiger partial charge < -0.3 is 9.57 Å². The van der Waals surface area contributed by atoms with Gasteiger partial charge in [-0.2, -0.15) is 0 Å². The molecule has 1 heterocycles. The third-order valence-corrected chi connectivity index (χ3v) is 5.64. The number of hydrogen-bond donors (Lipinski definition) is 0. The lowest BCUT2D eigenvalue weighted by Crippen LogP contribution is -2.21. The Kier molecular flexibility index (Phi) is 5.03. The SMILES string of the molecule is COc1cccc2c1C(CC(=O)On1nnc3ccccc31)=C(C)/C2=C/c1ccccc1. The van der Waals surface area contributed by atoms with Crippen LogP contribution >= 0.6 is 0 Å². The minimum Gasteiger partial charge on any atom is -0.496 e. The van der Waals surface area contributed by atoms with Crippen molar-refractivity contribution in [2.45, 2.75) is 13.3 Å². The molecule has 0 aliphatic heterocycles. The second-order valence-corrected chi connectivity index (χ2v) is 7.55. The van der Waals surface area contributed by atoms with E-state index in [1.807, 2.05) is 61.5 Å². The second kappa shape index (κ2) is 8.15. The first-order chi connectivity index (χ1) is 15.7. The van der Waals surface area contributed by atoms with Crippen LogP contribution in [-0.4, -0.2) is 28.2 Å². The van der Waals surface area contributed by atoms with Crippen LogP contribution < -0.4 is 9.57 Å². The fourth-order valence-corrected chi connectivity index (χ4v) is 4.10. The van der Waals surface area contributed by atoms with E-state index in [1.54, 1.807) is 7.11 Å². The molecule has 158 valence electrons. The zero-order valence-electron chi connectivity index (χ0n) is 17.8. The molecule has 1 aliphatic carbocycles. The molecule has 0 saturated carbocycles. The number of methoxy groups -OCH3 is 1. The number of ether oxygens (including phenoxy) is 1. The summed E-state index contributed by atoms with van der Waals surface area (Å²) in [5, 5.41) is 7.98. The number of allylic oxidation sites excluding steroid dienone is 2. The number of carbonyl (C=O) groups excluding carboxylic acids is 1. The molecule has 1 aliphatic rings. The molecule has 0 saturated heterocycles. The van der Waals surface area contributed by atoms with Gasteiger partial charge in [0.2, 0.25) is 0 Å². The second-order valence-electron chi connectivity index (χ2n) is 7.55. The minimum absolute atomic E-state index is 0.0829. The number of aromatic nitrogens is 3. The van der Waals surface area contributed by atoms with Crippen molar-refractivity contribution in [2.75, 3.05) is 7.11 Å². The van der Waals surface area contributed by atoms with E-state index in [4.69, 9.17) is 9.57 Å². The largest absolute Gasteiger partial charge is 0.496 e. The molecule has 0 amide bonds. The van der Waals surface area contributed by atoms with E-state index in [9.17, 15) is 4.79 Å². The van der Waals surface area contributed by atoms with Gasteiger partial charge >= 0.3 is 5.97 Å². The summed E-state index contributed by atoms with van der Waals surface area (Å²) in [6, 6.07) is 23.4. The van der Waals surface area contributed by atoms with Crippen LogP contribution in [-0.2, 0) is 4.79 Å². The summed E-state index contributed by atoms with van der Waals surface area (Å²) in [6.45, 7) is 2.03. The van der Waals surface area contributed by atoms with Gasteiger partial charge in [0.1, 0.15) is 16.8 Å². The fraction of sp³-hybridized carbons (Fsp3) is 0.115. The molecule has 0 atom stereocenters. The molecule has 3 aromatic carbocycles. The molecule has 6 heteroatoms. The van der Waals surface area contributed by atoms with E-state index >= 15 is 0 Å². The summed E-state index contributed by atoms with van der Waals surface area (Å²) in [5.41, 5.74) is 7.34. The summed E-state index contributed by atoms with van der Waals surface area (Å²) in [6.07, 6.45) is 2.22. The Morgan fingerprint density at radius 1 is 1.00 bits per heavy atom. The zero-order valence-corrected chi connectivity index (χ0v) is 17.8. The fourth-order valence-electron chi connectivity index (χ4n) is 4.10. The molecular formula is C26H21N3O3. The topological polar surface area (TPSA) is 66.2 Å². The normalized spacial score (nSPS) is 14.1. The smallest absolute Gasteiger partial charge is 0.339 e. The number of carbonyl (C=O) groups is 1. The molecule has 0 N–H and O–H groups in total. The van der Waals surface area contributed by atoms with Gasteiger partial charge in [-0.3, -0.25) is 0 Å². The summed E-state index contributed by atoms with van der Waals surface area (Å²) >= 11 is 0. The van der Waals surface area contributed by atoms with Crippen LogP contribution in [0.3, 0.4) is 0 Å². The van der Waals surface area contributed by atoms with Crippen LogP contribution in [0.4, 0.5) is 0 Å². The molecule has 0 bridgehead atoms. The lowest BCUT2D eigenvalue weighted by molar-refractivity contribution is -0.144. The first-order valence-corrected chi connectivity index (χ1v) is 10.3. The van der Waals surface area contributed by atoms with Gasteiger partial charge in [-0.05, 0) is 64.3 Å². The Hall–Kier alpha value is -4.19. The number of nitrogens with zero attached hydrogens (tertiary/aromatic N) is 3. The molecule has 4 aromatic rings. The highest BCUT2D eigenvalue weighted by atomic mass is 16.7. The van der Waals surface area contributed by atoms with E-state index in [0.717, 1.165) is 39.2 Å². The maximum Gasteiger partial charge on any atom is 0.339 e. The predicted octanol–water partition coefficient (Wildman–Crippen LogP) is 4.81. The number of hydrogen-bond acceptors (Lipinski definition) is 5. The Morgan fingerprint density at radius 2 is 1.78 bits per heavy atom. The molecule has 6 nitrogen and oxygen atoms in total. The number of fused-ring (bicyclic) bond motifs is 2. The number of benzene rings is 3. The Labute approximate surface area is 185 Å². The van der Waals surface area contributed by atoms with Crippen molar-refractivity contribution >= 4 is 34.2 Å². The van der Waals surface area contributed by atoms with Crippen molar-refractivity contribution in [3.63, 3.8) is 0 Å². The number of para-hydroxylation sites is 1. The molecule has 0 fully saturated rings. The Balaban J connectivity index is 1.52. The van der Waals surface area contributed by atoms with Crippen LogP contribution in [0, 0.1) is 0 Å². The zero-order chi connectivity index (χ0) is 22.1. The third kappa shape index (κ3) is 3.46. The maximum absolute atomic E-state index is 12.9. The third-order valence-electron chi connectivity index (χ3n) is 5.64. The van der Waals surface area contributed by atoms with Crippen LogP contribution in [0.5, 0.6) is 5.75 Å². The lowest BCUT2D eigenvalue weighted by Gasteiger charge is -2.11.